The number of nitrogens with two attached hydrogens (primary N) is 1. The molecule has 0 aliphatic rings. The summed E-state index contributed by atoms with van der Waals surface area (Å²) in [5, 5.41) is 4.38. The van der Waals surface area contributed by atoms with E-state index in [0.29, 0.717) is 12.0 Å². The zero-order valence-electron chi connectivity index (χ0n) is 11.7. The normalized spacial score (nSPS) is 12.7. The van der Waals surface area contributed by atoms with Gasteiger partial charge < -0.3 is 5.73 Å². The van der Waals surface area contributed by atoms with Gasteiger partial charge in [-0.15, -0.1) is 0 Å². The van der Waals surface area contributed by atoms with Crippen molar-refractivity contribution in [1.82, 2.24) is 9.78 Å². The number of hydrogen-bond donors (Lipinski definition) is 1. The van der Waals surface area contributed by atoms with E-state index in [1.165, 1.54) is 6.07 Å². The molecule has 102 valence electrons. The molecule has 0 radical (unpaired) electrons. The Morgan fingerprint density at radius 3 is 2.68 bits per heavy atom. The minimum atomic E-state index is -0.345. The first kappa shape index (κ1) is 13.7. The average molecular weight is 261 g/mol. The second kappa shape index (κ2) is 5.53. The first-order chi connectivity index (χ1) is 9.01. The highest BCUT2D eigenvalue weighted by Gasteiger charge is 2.15. The third kappa shape index (κ3) is 3.01. The van der Waals surface area contributed by atoms with Gasteiger partial charge in [0.1, 0.15) is 5.82 Å². The number of rotatable bonds is 4. The van der Waals surface area contributed by atoms with Crippen molar-refractivity contribution < 1.29 is 4.39 Å². The Labute approximate surface area is 113 Å². The van der Waals surface area contributed by atoms with Gasteiger partial charge in [-0.25, -0.2) is 4.39 Å². The Morgan fingerprint density at radius 1 is 1.32 bits per heavy atom. The number of aromatic nitrogens is 2. The maximum atomic E-state index is 13.9. The second-order valence-corrected chi connectivity index (χ2v) is 4.93. The SMILES string of the molecule is CCn1nc(C)cc1CC(N)c1ccc(C)cc1F. The summed E-state index contributed by atoms with van der Waals surface area (Å²) in [4.78, 5) is 0. The standard InChI is InChI=1S/C15H20FN3/c1-4-19-12(8-11(3)18-19)9-15(17)13-6-5-10(2)7-14(13)16/h5-8,15H,4,9,17H2,1-3H3. The van der Waals surface area contributed by atoms with Gasteiger partial charge in [-0.2, -0.15) is 5.10 Å². The first-order valence-electron chi connectivity index (χ1n) is 6.56. The number of benzene rings is 1. The summed E-state index contributed by atoms with van der Waals surface area (Å²) >= 11 is 0. The van der Waals surface area contributed by atoms with Crippen molar-refractivity contribution in [2.24, 2.45) is 5.73 Å². The number of nitrogens with zero attached hydrogens (tertiary/aromatic N) is 2. The van der Waals surface area contributed by atoms with E-state index in [2.05, 4.69) is 5.10 Å². The Morgan fingerprint density at radius 2 is 2.05 bits per heavy atom. The highest BCUT2D eigenvalue weighted by Crippen LogP contribution is 2.20. The van der Waals surface area contributed by atoms with E-state index in [1.54, 1.807) is 6.07 Å². The Hall–Kier alpha value is -1.68. The van der Waals surface area contributed by atoms with Gasteiger partial charge in [0.05, 0.1) is 5.69 Å². The van der Waals surface area contributed by atoms with Crippen molar-refractivity contribution in [3.8, 4) is 0 Å². The van der Waals surface area contributed by atoms with Crippen LogP contribution in [0.4, 0.5) is 4.39 Å². The molecule has 0 fully saturated rings. The Balaban J connectivity index is 2.22. The lowest BCUT2D eigenvalue weighted by Crippen LogP contribution is -2.17. The molecule has 0 aliphatic carbocycles. The van der Waals surface area contributed by atoms with Gasteiger partial charge in [-0.1, -0.05) is 12.1 Å². The monoisotopic (exact) mass is 261 g/mol. The van der Waals surface area contributed by atoms with Crippen molar-refractivity contribution in [2.75, 3.05) is 0 Å². The largest absolute Gasteiger partial charge is 0.324 e. The van der Waals surface area contributed by atoms with Crippen LogP contribution in [0.3, 0.4) is 0 Å². The van der Waals surface area contributed by atoms with Crippen LogP contribution in [0, 0.1) is 19.7 Å². The third-order valence-electron chi connectivity index (χ3n) is 3.27. The molecule has 1 unspecified atom stereocenters. The average Bonchev–Trinajstić information content (AvgIpc) is 2.69. The van der Waals surface area contributed by atoms with Crippen LogP contribution in [0.1, 0.15) is 35.5 Å². The van der Waals surface area contributed by atoms with Gasteiger partial charge in [-0.3, -0.25) is 4.68 Å². The lowest BCUT2D eigenvalue weighted by molar-refractivity contribution is 0.555. The number of aryl methyl sites for hydroxylation is 3. The molecule has 19 heavy (non-hydrogen) atoms. The molecule has 1 aromatic carbocycles. The number of halogens is 1. The molecule has 2 aromatic rings. The van der Waals surface area contributed by atoms with E-state index in [4.69, 9.17) is 5.73 Å². The van der Waals surface area contributed by atoms with Crippen molar-refractivity contribution in [1.29, 1.82) is 0 Å². The summed E-state index contributed by atoms with van der Waals surface area (Å²) in [5.74, 6) is -0.230. The van der Waals surface area contributed by atoms with E-state index in [1.807, 2.05) is 37.6 Å². The van der Waals surface area contributed by atoms with Crippen LogP contribution in [0.5, 0.6) is 0 Å². The van der Waals surface area contributed by atoms with Crippen molar-refractivity contribution in [3.63, 3.8) is 0 Å². The van der Waals surface area contributed by atoms with Gasteiger partial charge in [0.2, 0.25) is 0 Å². The van der Waals surface area contributed by atoms with Crippen LogP contribution >= 0.6 is 0 Å². The van der Waals surface area contributed by atoms with Crippen molar-refractivity contribution in [2.45, 2.75) is 39.8 Å². The molecule has 0 bridgehead atoms. The van der Waals surface area contributed by atoms with Crippen LogP contribution in [0.25, 0.3) is 0 Å². The summed E-state index contributed by atoms with van der Waals surface area (Å²) < 4.78 is 15.8. The molecule has 0 amide bonds. The predicted molar refractivity (Wildman–Crippen MR) is 74.4 cm³/mol. The van der Waals surface area contributed by atoms with Crippen molar-refractivity contribution in [3.05, 3.63) is 52.6 Å². The maximum absolute atomic E-state index is 13.9. The highest BCUT2D eigenvalue weighted by atomic mass is 19.1. The molecule has 1 heterocycles. The van der Waals surface area contributed by atoms with E-state index in [9.17, 15) is 4.39 Å². The van der Waals surface area contributed by atoms with E-state index in [0.717, 1.165) is 23.5 Å². The summed E-state index contributed by atoms with van der Waals surface area (Å²) in [6.45, 7) is 6.65. The van der Waals surface area contributed by atoms with Crippen LogP contribution < -0.4 is 5.73 Å². The summed E-state index contributed by atoms with van der Waals surface area (Å²) in [5.41, 5.74) is 9.61. The summed E-state index contributed by atoms with van der Waals surface area (Å²) in [6, 6.07) is 6.85. The smallest absolute Gasteiger partial charge is 0.128 e. The molecule has 1 atom stereocenters. The first-order valence-corrected chi connectivity index (χ1v) is 6.56. The molecule has 2 N–H and O–H groups in total. The van der Waals surface area contributed by atoms with E-state index in [-0.39, 0.29) is 11.9 Å². The summed E-state index contributed by atoms with van der Waals surface area (Å²) in [7, 11) is 0. The molecule has 2 rings (SSSR count). The van der Waals surface area contributed by atoms with Gasteiger partial charge in [0.15, 0.2) is 0 Å². The third-order valence-corrected chi connectivity index (χ3v) is 3.27. The predicted octanol–water partition coefficient (Wildman–Crippen LogP) is 2.90. The molecule has 0 aliphatic heterocycles. The molecule has 4 heteroatoms. The molecule has 0 spiro atoms. The zero-order valence-corrected chi connectivity index (χ0v) is 11.7. The topological polar surface area (TPSA) is 43.8 Å². The fourth-order valence-electron chi connectivity index (χ4n) is 2.31. The molecular formula is C15H20FN3. The van der Waals surface area contributed by atoms with Crippen LogP contribution in [-0.4, -0.2) is 9.78 Å². The van der Waals surface area contributed by atoms with Gasteiger partial charge in [0.25, 0.3) is 0 Å². The fraction of sp³-hybridized carbons (Fsp3) is 0.400. The lowest BCUT2D eigenvalue weighted by Gasteiger charge is -2.14. The minimum absolute atomic E-state index is 0.230. The molecule has 1 aromatic heterocycles. The summed E-state index contributed by atoms with van der Waals surface area (Å²) in [6.07, 6.45) is 0.592. The van der Waals surface area contributed by atoms with Crippen LogP contribution in [0.15, 0.2) is 24.3 Å². The van der Waals surface area contributed by atoms with Gasteiger partial charge in [0, 0.05) is 30.3 Å². The highest BCUT2D eigenvalue weighted by molar-refractivity contribution is 5.27. The lowest BCUT2D eigenvalue weighted by atomic mass is 10.0. The molecule has 3 nitrogen and oxygen atoms in total. The van der Waals surface area contributed by atoms with Crippen LogP contribution in [-0.2, 0) is 13.0 Å². The minimum Gasteiger partial charge on any atom is -0.324 e. The van der Waals surface area contributed by atoms with E-state index >= 15 is 0 Å². The Bertz CT molecular complexity index is 575. The van der Waals surface area contributed by atoms with E-state index < -0.39 is 0 Å². The zero-order chi connectivity index (χ0) is 14.0. The van der Waals surface area contributed by atoms with Gasteiger partial charge in [-0.05, 0) is 38.5 Å². The maximum Gasteiger partial charge on any atom is 0.128 e. The fourth-order valence-corrected chi connectivity index (χ4v) is 2.31. The molecule has 0 saturated heterocycles. The second-order valence-electron chi connectivity index (χ2n) is 4.93. The van der Waals surface area contributed by atoms with Gasteiger partial charge >= 0.3 is 0 Å². The quantitative estimate of drug-likeness (QED) is 0.919. The number of hydrogen-bond acceptors (Lipinski definition) is 2. The Kier molecular flexibility index (Phi) is 4.00. The molecular weight excluding hydrogens is 241 g/mol. The van der Waals surface area contributed by atoms with Crippen LogP contribution in [0.2, 0.25) is 0 Å². The van der Waals surface area contributed by atoms with Crippen molar-refractivity contribution >= 4 is 0 Å². The molecule has 0 saturated carbocycles.